The molecule has 0 bridgehead atoms. The van der Waals surface area contributed by atoms with Crippen LogP contribution in [0.5, 0.6) is 11.5 Å². The minimum atomic E-state index is -4.10. The molecule has 7 rings (SSSR count). The van der Waals surface area contributed by atoms with Crippen LogP contribution < -0.4 is 25.8 Å². The van der Waals surface area contributed by atoms with E-state index in [2.05, 4.69) is 10.6 Å². The third-order valence-corrected chi connectivity index (χ3v) is 13.1. The fraction of sp³-hybridized carbons (Fsp3) is 0.436. The Hall–Kier alpha value is -5.24. The molecule has 2 saturated carbocycles. The van der Waals surface area contributed by atoms with Crippen LogP contribution in [0.2, 0.25) is 0 Å². The van der Waals surface area contributed by atoms with E-state index in [4.69, 9.17) is 24.9 Å². The molecule has 4 aliphatic rings. The number of hydrogen-bond acceptors (Lipinski definition) is 11. The molecule has 2 aliphatic heterocycles. The van der Waals surface area contributed by atoms with Crippen molar-refractivity contribution in [3.63, 3.8) is 0 Å². The van der Waals surface area contributed by atoms with Crippen molar-refractivity contribution in [3.05, 3.63) is 72.3 Å². The number of sulfone groups is 1. The molecule has 5 atom stereocenters. The summed E-state index contributed by atoms with van der Waals surface area (Å²) in [6.07, 6.45) is 2.23. The van der Waals surface area contributed by atoms with Gasteiger partial charge in [-0.05, 0) is 58.6 Å². The van der Waals surface area contributed by atoms with Crippen molar-refractivity contribution in [2.75, 3.05) is 13.7 Å². The number of allylic oxidation sites excluding steroid dienone is 1. The van der Waals surface area contributed by atoms with Gasteiger partial charge in [-0.1, -0.05) is 42.5 Å². The Morgan fingerprint density at radius 1 is 1.09 bits per heavy atom. The van der Waals surface area contributed by atoms with E-state index in [0.717, 1.165) is 10.5 Å². The van der Waals surface area contributed by atoms with Gasteiger partial charge >= 0.3 is 6.09 Å². The van der Waals surface area contributed by atoms with Gasteiger partial charge in [0.2, 0.25) is 5.91 Å². The van der Waals surface area contributed by atoms with E-state index in [1.165, 1.54) is 6.08 Å². The second kappa shape index (κ2) is 13.6. The Morgan fingerprint density at radius 2 is 1.83 bits per heavy atom. The number of fused-ring (bicyclic) bond motifs is 3. The molecular weight excluding hydrogens is 715 g/mol. The number of aromatic nitrogens is 1. The van der Waals surface area contributed by atoms with E-state index in [0.29, 0.717) is 40.9 Å². The Kier molecular flexibility index (Phi) is 9.31. The summed E-state index contributed by atoms with van der Waals surface area (Å²) >= 11 is 0. The number of benzene rings is 2. The molecule has 3 aromatic rings. The number of hydrogen-bond donors (Lipinski definition) is 3. The normalized spacial score (nSPS) is 27.7. The van der Waals surface area contributed by atoms with Gasteiger partial charge in [0.25, 0.3) is 5.91 Å². The molecule has 1 saturated heterocycles. The van der Waals surface area contributed by atoms with Gasteiger partial charge in [0.15, 0.2) is 20.4 Å². The van der Waals surface area contributed by atoms with Gasteiger partial charge in [-0.25, -0.2) is 23.0 Å². The summed E-state index contributed by atoms with van der Waals surface area (Å²) in [5.41, 5.74) is 5.80. The molecule has 0 unspecified atom stereocenters. The number of amides is 3. The minimum Gasteiger partial charge on any atom is -0.497 e. The van der Waals surface area contributed by atoms with E-state index in [1.54, 1.807) is 64.2 Å². The molecule has 54 heavy (non-hydrogen) atoms. The third kappa shape index (κ3) is 6.60. The molecule has 14 nitrogen and oxygen atoms in total. The van der Waals surface area contributed by atoms with E-state index in [9.17, 15) is 27.6 Å². The molecule has 15 heteroatoms. The zero-order valence-electron chi connectivity index (χ0n) is 30.5. The van der Waals surface area contributed by atoms with Crippen molar-refractivity contribution in [3.8, 4) is 22.8 Å². The molecule has 2 aliphatic carbocycles. The van der Waals surface area contributed by atoms with Gasteiger partial charge in [-0.15, -0.1) is 0 Å². The van der Waals surface area contributed by atoms with Crippen molar-refractivity contribution >= 4 is 44.6 Å². The van der Waals surface area contributed by atoms with Gasteiger partial charge in [-0.3, -0.25) is 9.59 Å². The fourth-order valence-corrected chi connectivity index (χ4v) is 9.85. The summed E-state index contributed by atoms with van der Waals surface area (Å²) in [7, 11) is -2.55. The number of nitrogens with one attached hydrogen (secondary N) is 2. The lowest BCUT2D eigenvalue weighted by molar-refractivity contribution is -0.146. The SMILES string of the molecule is COc1ccc2c(O[C@H]3CN4C(=O)[C@@H](NC(=O)OC(C)(C)C)CC/C=C/[C@H]5C(=C=O)[C@@]5(S(=O)(=O)C5CC5)NC(=O)[C@]4(N)C3)cc(-c3ccccc3)nc2c1. The van der Waals surface area contributed by atoms with E-state index in [1.807, 2.05) is 30.3 Å². The summed E-state index contributed by atoms with van der Waals surface area (Å²) in [5, 5.41) is 5.17. The van der Waals surface area contributed by atoms with Crippen LogP contribution in [0.25, 0.3) is 22.2 Å². The maximum absolute atomic E-state index is 14.6. The standard InChI is InChI=1S/C39H43N5O9S/c1-37(2,3)53-36(48)42-30-13-9-8-12-28-29(22-45)39(28,54(49,50)26-15-16-26)43-35(47)38(40)20-25(21-44(38)34(30)46)52-33-19-31(23-10-6-5-7-11-23)41-32-18-24(51-4)14-17-27(32)33/h5-8,10-12,14,17-19,25-26,28,30H,9,13,15-16,20-21,40H2,1-4H3,(H,42,48)(H,43,47)/b12-8+/t25-,28+,30+,38+,39-/m1/s1. The largest absolute Gasteiger partial charge is 0.497 e. The first-order chi connectivity index (χ1) is 25.6. The van der Waals surface area contributed by atoms with E-state index >= 15 is 0 Å². The molecule has 3 amide bonds. The Balaban J connectivity index is 1.29. The number of nitrogens with zero attached hydrogens (tertiary/aromatic N) is 2. The van der Waals surface area contributed by atoms with Gasteiger partial charge in [0.1, 0.15) is 35.2 Å². The first kappa shape index (κ1) is 37.1. The van der Waals surface area contributed by atoms with Crippen LogP contribution in [0.1, 0.15) is 52.9 Å². The number of alkyl carbamates (subject to hydrolysis) is 1. The van der Waals surface area contributed by atoms with Crippen molar-refractivity contribution in [2.45, 2.75) is 86.4 Å². The Morgan fingerprint density at radius 3 is 2.50 bits per heavy atom. The van der Waals surface area contributed by atoms with Crippen LogP contribution in [0.4, 0.5) is 4.79 Å². The highest BCUT2D eigenvalue weighted by Crippen LogP contribution is 2.57. The quantitative estimate of drug-likeness (QED) is 0.236. The lowest BCUT2D eigenvalue weighted by Crippen LogP contribution is -2.68. The van der Waals surface area contributed by atoms with E-state index < -0.39 is 67.2 Å². The highest BCUT2D eigenvalue weighted by Gasteiger charge is 2.74. The number of rotatable bonds is 7. The van der Waals surface area contributed by atoms with Crippen molar-refractivity contribution in [1.29, 1.82) is 0 Å². The second-order valence-electron chi connectivity index (χ2n) is 15.2. The Labute approximate surface area is 313 Å². The molecule has 284 valence electrons. The van der Waals surface area contributed by atoms with Crippen molar-refractivity contribution in [2.24, 2.45) is 11.7 Å². The topological polar surface area (TPSA) is 196 Å². The van der Waals surface area contributed by atoms with Crippen molar-refractivity contribution < 1.29 is 41.8 Å². The van der Waals surface area contributed by atoms with Crippen LogP contribution in [-0.4, -0.2) is 89.3 Å². The first-order valence-corrected chi connectivity index (χ1v) is 19.4. The van der Waals surface area contributed by atoms with Gasteiger partial charge in [-0.2, -0.15) is 0 Å². The first-order valence-electron chi connectivity index (χ1n) is 17.9. The maximum Gasteiger partial charge on any atom is 0.408 e. The predicted octanol–water partition coefficient (Wildman–Crippen LogP) is 3.57. The molecule has 4 N–H and O–H groups in total. The molecule has 0 radical (unpaired) electrons. The summed E-state index contributed by atoms with van der Waals surface area (Å²) in [6.45, 7) is 4.86. The van der Waals surface area contributed by atoms with Gasteiger partial charge in [0.05, 0.1) is 41.6 Å². The predicted molar refractivity (Wildman–Crippen MR) is 198 cm³/mol. The number of methoxy groups -OCH3 is 1. The molecule has 3 fully saturated rings. The second-order valence-corrected chi connectivity index (χ2v) is 17.6. The average molecular weight is 758 g/mol. The van der Waals surface area contributed by atoms with Crippen molar-refractivity contribution in [1.82, 2.24) is 20.5 Å². The molecule has 3 heterocycles. The fourth-order valence-electron chi connectivity index (χ4n) is 7.37. The number of pyridine rings is 1. The van der Waals surface area contributed by atoms with Crippen LogP contribution >= 0.6 is 0 Å². The van der Waals surface area contributed by atoms with E-state index in [-0.39, 0.29) is 31.4 Å². The van der Waals surface area contributed by atoms with Crippen LogP contribution in [0.3, 0.4) is 0 Å². The molecule has 0 spiro atoms. The smallest absolute Gasteiger partial charge is 0.408 e. The third-order valence-electron chi connectivity index (χ3n) is 10.2. The monoisotopic (exact) mass is 757 g/mol. The van der Waals surface area contributed by atoms with Gasteiger partial charge in [0, 0.05) is 29.5 Å². The summed E-state index contributed by atoms with van der Waals surface area (Å²) in [4.78, 5) is 58.2. The molecule has 1 aromatic heterocycles. The summed E-state index contributed by atoms with van der Waals surface area (Å²) in [6, 6.07) is 15.4. The van der Waals surface area contributed by atoms with Crippen LogP contribution in [0, 0.1) is 5.92 Å². The zero-order chi connectivity index (χ0) is 38.6. The minimum absolute atomic E-state index is 0.0563. The van der Waals surface area contributed by atoms with Gasteiger partial charge < -0.3 is 35.5 Å². The maximum atomic E-state index is 14.6. The average Bonchev–Trinajstić information content (AvgIpc) is 4.05. The Bertz CT molecular complexity index is 2210. The highest BCUT2D eigenvalue weighted by molar-refractivity contribution is 7.94. The number of ether oxygens (including phenoxy) is 3. The zero-order valence-corrected chi connectivity index (χ0v) is 31.3. The summed E-state index contributed by atoms with van der Waals surface area (Å²) in [5.74, 6) is 0.0970. The molecule has 2 aromatic carbocycles. The molecular formula is C39H43N5O9S. The summed E-state index contributed by atoms with van der Waals surface area (Å²) < 4.78 is 45.4. The number of carbonyl (C=O) groups is 3. The number of nitrogens with two attached hydrogens (primary N) is 1. The van der Waals surface area contributed by atoms with Crippen LogP contribution in [0.15, 0.2) is 72.3 Å². The number of carbonyl (C=O) groups excluding carboxylic acids is 4. The lowest BCUT2D eigenvalue weighted by Gasteiger charge is -2.36. The highest BCUT2D eigenvalue weighted by atomic mass is 32.2. The lowest BCUT2D eigenvalue weighted by atomic mass is 10.0. The van der Waals surface area contributed by atoms with Crippen LogP contribution in [-0.2, 0) is 29.0 Å².